The molecule has 2 rings (SSSR count). The molecule has 0 unspecified atom stereocenters. The van der Waals surface area contributed by atoms with Crippen LogP contribution in [0, 0.1) is 17.1 Å². The summed E-state index contributed by atoms with van der Waals surface area (Å²) in [4.78, 5) is 11.0. The number of benzene rings is 1. The first-order valence-corrected chi connectivity index (χ1v) is 7.69. The third-order valence-corrected chi connectivity index (χ3v) is 5.27. The number of nitriles is 1. The lowest BCUT2D eigenvalue weighted by molar-refractivity contribution is 0.0692. The highest BCUT2D eigenvalue weighted by molar-refractivity contribution is 7.94. The lowest BCUT2D eigenvalue weighted by atomic mass is 10.2. The van der Waals surface area contributed by atoms with Crippen LogP contribution in [0.2, 0.25) is 0 Å². The van der Waals surface area contributed by atoms with E-state index >= 15 is 0 Å². The molecule has 0 aliphatic heterocycles. The molecule has 2 aromatic rings. The van der Waals surface area contributed by atoms with Crippen LogP contribution in [0.25, 0.3) is 0 Å². The molecule has 0 bridgehead atoms. The summed E-state index contributed by atoms with van der Waals surface area (Å²) in [7, 11) is -3.96. The second kappa shape index (κ2) is 5.51. The van der Waals surface area contributed by atoms with Crippen LogP contribution in [-0.4, -0.2) is 19.5 Å². The highest BCUT2D eigenvalue weighted by atomic mass is 32.2. The predicted molar refractivity (Wildman–Crippen MR) is 73.2 cm³/mol. The number of nitrogens with zero attached hydrogens (tertiary/aromatic N) is 1. The molecular weight excluding hydrogens is 319 g/mol. The maximum Gasteiger partial charge on any atom is 0.338 e. The van der Waals surface area contributed by atoms with Crippen molar-refractivity contribution in [1.82, 2.24) is 0 Å². The van der Waals surface area contributed by atoms with Crippen molar-refractivity contribution in [2.24, 2.45) is 0 Å². The Labute approximate surface area is 123 Å². The van der Waals surface area contributed by atoms with E-state index in [0.29, 0.717) is 0 Å². The van der Waals surface area contributed by atoms with E-state index in [-0.39, 0.29) is 14.8 Å². The molecule has 0 aliphatic rings. The van der Waals surface area contributed by atoms with Gasteiger partial charge in [-0.25, -0.2) is 17.6 Å². The number of hydrogen-bond acceptors (Lipinski definition) is 5. The highest BCUT2D eigenvalue weighted by Gasteiger charge is 2.19. The minimum atomic E-state index is -3.96. The van der Waals surface area contributed by atoms with Gasteiger partial charge >= 0.3 is 5.97 Å². The summed E-state index contributed by atoms with van der Waals surface area (Å²) < 4.78 is 39.4. The van der Waals surface area contributed by atoms with Crippen molar-refractivity contribution < 1.29 is 22.7 Å². The second-order valence-electron chi connectivity index (χ2n) is 3.84. The molecule has 0 atom stereocenters. The Bertz CT molecular complexity index is 852. The van der Waals surface area contributed by atoms with Crippen LogP contribution < -0.4 is 4.72 Å². The molecule has 108 valence electrons. The van der Waals surface area contributed by atoms with Crippen molar-refractivity contribution >= 4 is 33.0 Å². The van der Waals surface area contributed by atoms with Crippen LogP contribution in [0.3, 0.4) is 0 Å². The number of hydrogen-bond donors (Lipinski definition) is 2. The number of carboxylic acids is 1. The summed E-state index contributed by atoms with van der Waals surface area (Å²) in [6.07, 6.45) is 0. The third kappa shape index (κ3) is 3.18. The highest BCUT2D eigenvalue weighted by Crippen LogP contribution is 2.24. The van der Waals surface area contributed by atoms with E-state index in [1.807, 2.05) is 6.07 Å². The zero-order valence-corrected chi connectivity index (χ0v) is 11.8. The van der Waals surface area contributed by atoms with Gasteiger partial charge in [0.2, 0.25) is 0 Å². The Kier molecular flexibility index (Phi) is 3.93. The van der Waals surface area contributed by atoms with Crippen LogP contribution in [-0.2, 0) is 10.0 Å². The van der Waals surface area contributed by atoms with Gasteiger partial charge < -0.3 is 5.11 Å². The summed E-state index contributed by atoms with van der Waals surface area (Å²) in [5, 5.41) is 17.5. The third-order valence-electron chi connectivity index (χ3n) is 2.41. The van der Waals surface area contributed by atoms with Gasteiger partial charge in [-0.2, -0.15) is 5.26 Å². The summed E-state index contributed by atoms with van der Waals surface area (Å²) in [6, 6.07) is 7.27. The summed E-state index contributed by atoms with van der Waals surface area (Å²) in [5.41, 5.74) is -0.722. The van der Waals surface area contributed by atoms with Crippen molar-refractivity contribution in [2.45, 2.75) is 4.21 Å². The average molecular weight is 326 g/mol. The number of nitrogens with one attached hydrogen (secondary N) is 1. The quantitative estimate of drug-likeness (QED) is 0.896. The van der Waals surface area contributed by atoms with Gasteiger partial charge in [-0.05, 0) is 30.3 Å². The first-order chi connectivity index (χ1) is 9.83. The number of thiophene rings is 1. The molecular formula is C12H7FN2O4S2. The molecule has 1 aromatic heterocycles. The maximum atomic E-state index is 13.2. The Morgan fingerprint density at radius 2 is 2.05 bits per heavy atom. The normalized spacial score (nSPS) is 10.9. The summed E-state index contributed by atoms with van der Waals surface area (Å²) in [5.74, 6) is -2.47. The number of sulfonamides is 1. The second-order valence-corrected chi connectivity index (χ2v) is 6.83. The molecule has 0 fully saturated rings. The molecule has 6 nitrogen and oxygen atoms in total. The summed E-state index contributed by atoms with van der Waals surface area (Å²) in [6.45, 7) is 0. The Balaban J connectivity index is 2.35. The molecule has 1 heterocycles. The van der Waals surface area contributed by atoms with Crippen molar-refractivity contribution in [3.63, 3.8) is 0 Å². The van der Waals surface area contributed by atoms with Crippen molar-refractivity contribution in [2.75, 3.05) is 4.72 Å². The molecule has 0 aliphatic carbocycles. The van der Waals surface area contributed by atoms with Gasteiger partial charge in [0.05, 0.1) is 5.56 Å². The zero-order chi connectivity index (χ0) is 15.6. The first-order valence-electron chi connectivity index (χ1n) is 5.39. The Hall–Kier alpha value is -2.44. The topological polar surface area (TPSA) is 107 Å². The SMILES string of the molecule is N#Cc1ccc(S(=O)(=O)Nc2ccc(F)c(C(=O)O)c2)s1. The molecule has 9 heteroatoms. The van der Waals surface area contributed by atoms with E-state index in [1.165, 1.54) is 12.1 Å². The van der Waals surface area contributed by atoms with Crippen LogP contribution in [0.4, 0.5) is 10.1 Å². The predicted octanol–water partition coefficient (Wildman–Crippen LogP) is 2.26. The van der Waals surface area contributed by atoms with Gasteiger partial charge in [0, 0.05) is 5.69 Å². The van der Waals surface area contributed by atoms with Crippen LogP contribution in [0.5, 0.6) is 0 Å². The largest absolute Gasteiger partial charge is 0.478 e. The van der Waals surface area contributed by atoms with E-state index in [4.69, 9.17) is 10.4 Å². The lowest BCUT2D eigenvalue weighted by Gasteiger charge is -2.07. The summed E-state index contributed by atoms with van der Waals surface area (Å²) >= 11 is 0.771. The van der Waals surface area contributed by atoms with Gasteiger partial charge in [-0.3, -0.25) is 4.72 Å². The molecule has 0 radical (unpaired) electrons. The number of carboxylic acid groups (broad SMARTS) is 1. The fraction of sp³-hybridized carbons (Fsp3) is 0. The number of anilines is 1. The van der Waals surface area contributed by atoms with Gasteiger partial charge in [-0.15, -0.1) is 11.3 Å². The lowest BCUT2D eigenvalue weighted by Crippen LogP contribution is -2.12. The van der Waals surface area contributed by atoms with Crippen LogP contribution in [0.15, 0.2) is 34.5 Å². The Morgan fingerprint density at radius 1 is 1.33 bits per heavy atom. The minimum Gasteiger partial charge on any atom is -0.478 e. The van der Waals surface area contributed by atoms with Crippen LogP contribution in [0.1, 0.15) is 15.2 Å². The first kappa shape index (κ1) is 15.0. The molecule has 2 N–H and O–H groups in total. The number of aromatic carboxylic acids is 1. The van der Waals surface area contributed by atoms with E-state index in [2.05, 4.69) is 4.72 Å². The average Bonchev–Trinajstić information content (AvgIpc) is 2.90. The van der Waals surface area contributed by atoms with E-state index in [1.54, 1.807) is 0 Å². The standard InChI is InChI=1S/C12H7FN2O4S2/c13-10-3-1-7(5-9(10)12(16)17)15-21(18,19)11-4-2-8(6-14)20-11/h1-5,15H,(H,16,17). The van der Waals surface area contributed by atoms with Crippen molar-refractivity contribution in [3.05, 3.63) is 46.6 Å². The number of rotatable bonds is 4. The van der Waals surface area contributed by atoms with Crippen molar-refractivity contribution in [1.29, 1.82) is 5.26 Å². The molecule has 0 saturated heterocycles. The number of halogens is 1. The molecule has 21 heavy (non-hydrogen) atoms. The van der Waals surface area contributed by atoms with Gasteiger partial charge in [-0.1, -0.05) is 0 Å². The van der Waals surface area contributed by atoms with Crippen molar-refractivity contribution in [3.8, 4) is 6.07 Å². The smallest absolute Gasteiger partial charge is 0.338 e. The maximum absolute atomic E-state index is 13.2. The number of carbonyl (C=O) groups is 1. The van der Waals surface area contributed by atoms with Gasteiger partial charge in [0.15, 0.2) is 0 Å². The van der Waals surface area contributed by atoms with E-state index in [0.717, 1.165) is 29.5 Å². The molecule has 0 saturated carbocycles. The monoisotopic (exact) mass is 326 g/mol. The zero-order valence-electron chi connectivity index (χ0n) is 10.2. The molecule has 0 spiro atoms. The van der Waals surface area contributed by atoms with Gasteiger partial charge in [0.1, 0.15) is 21.0 Å². The Morgan fingerprint density at radius 3 is 2.62 bits per heavy atom. The fourth-order valence-corrected chi connectivity index (χ4v) is 3.64. The molecule has 1 aromatic carbocycles. The van der Waals surface area contributed by atoms with Gasteiger partial charge in [0.25, 0.3) is 10.0 Å². The van der Waals surface area contributed by atoms with E-state index in [9.17, 15) is 17.6 Å². The molecule has 0 amide bonds. The van der Waals surface area contributed by atoms with E-state index < -0.39 is 27.4 Å². The minimum absolute atomic E-state index is 0.0827. The fourth-order valence-electron chi connectivity index (χ4n) is 1.48. The van der Waals surface area contributed by atoms with Crippen LogP contribution >= 0.6 is 11.3 Å².